The van der Waals surface area contributed by atoms with E-state index < -0.39 is 11.7 Å². The van der Waals surface area contributed by atoms with E-state index in [4.69, 9.17) is 4.74 Å². The molecular formula is C29H32FN7O2. The van der Waals surface area contributed by atoms with Crippen molar-refractivity contribution < 1.29 is 13.9 Å². The monoisotopic (exact) mass is 529 g/mol. The fourth-order valence-electron chi connectivity index (χ4n) is 4.39. The third kappa shape index (κ3) is 6.42. The molecule has 0 radical (unpaired) electrons. The number of amides is 1. The molecule has 0 bridgehead atoms. The zero-order chi connectivity index (χ0) is 27.4. The highest BCUT2D eigenvalue weighted by molar-refractivity contribution is 5.99. The molecule has 0 spiro atoms. The van der Waals surface area contributed by atoms with Gasteiger partial charge in [0.25, 0.3) is 0 Å². The molecule has 2 N–H and O–H groups in total. The molecule has 0 aliphatic carbocycles. The van der Waals surface area contributed by atoms with E-state index in [9.17, 15) is 9.18 Å². The van der Waals surface area contributed by atoms with Crippen LogP contribution in [0, 0.1) is 5.82 Å². The number of likely N-dealkylation sites (N-methyl/N-ethyl adjacent to an activating group) is 2. The van der Waals surface area contributed by atoms with Crippen molar-refractivity contribution in [2.45, 2.75) is 0 Å². The van der Waals surface area contributed by atoms with E-state index in [-0.39, 0.29) is 5.69 Å². The van der Waals surface area contributed by atoms with Gasteiger partial charge in [0.2, 0.25) is 11.8 Å². The summed E-state index contributed by atoms with van der Waals surface area (Å²) in [6, 6.07) is 14.6. The summed E-state index contributed by atoms with van der Waals surface area (Å²) in [5, 5.41) is 3.25. The molecule has 5 rings (SSSR count). The van der Waals surface area contributed by atoms with E-state index in [0.29, 0.717) is 29.2 Å². The second-order valence-corrected chi connectivity index (χ2v) is 9.86. The van der Waals surface area contributed by atoms with Crippen molar-refractivity contribution in [3.63, 3.8) is 0 Å². The molecule has 0 atom stereocenters. The number of piperazine rings is 1. The van der Waals surface area contributed by atoms with Crippen molar-refractivity contribution >= 4 is 28.3 Å². The minimum atomic E-state index is -0.562. The number of halogens is 1. The molecule has 0 saturated carbocycles. The molecular weight excluding hydrogens is 497 g/mol. The molecule has 1 aliphatic rings. The number of ether oxygens (including phenoxy) is 1. The molecule has 1 fully saturated rings. The summed E-state index contributed by atoms with van der Waals surface area (Å²) in [6.45, 7) is 4.74. The zero-order valence-electron chi connectivity index (χ0n) is 22.3. The first-order valence-corrected chi connectivity index (χ1v) is 12.8. The van der Waals surface area contributed by atoms with Gasteiger partial charge in [0.1, 0.15) is 23.5 Å². The summed E-state index contributed by atoms with van der Waals surface area (Å²) < 4.78 is 20.4. The Balaban J connectivity index is 1.33. The molecule has 1 amide bonds. The number of nitrogens with zero attached hydrogens (tertiary/aromatic N) is 5. The van der Waals surface area contributed by atoms with Gasteiger partial charge >= 0.3 is 0 Å². The Hall–Kier alpha value is -4.28. The Bertz CT molecular complexity index is 1480. The number of nitrogens with one attached hydrogen (secondary N) is 2. The first kappa shape index (κ1) is 26.3. The molecule has 4 aromatic rings. The molecule has 10 heteroatoms. The summed E-state index contributed by atoms with van der Waals surface area (Å²) in [7, 11) is 5.94. The van der Waals surface area contributed by atoms with Gasteiger partial charge in [-0.1, -0.05) is 18.2 Å². The average molecular weight is 530 g/mol. The molecule has 3 heterocycles. The third-order valence-corrected chi connectivity index (χ3v) is 6.59. The Morgan fingerprint density at radius 3 is 2.62 bits per heavy atom. The van der Waals surface area contributed by atoms with E-state index in [1.54, 1.807) is 6.08 Å². The molecule has 1 aliphatic heterocycles. The number of aromatic nitrogens is 3. The van der Waals surface area contributed by atoms with E-state index in [1.165, 1.54) is 36.3 Å². The molecule has 39 heavy (non-hydrogen) atoms. The Labute approximate surface area is 226 Å². The topological polar surface area (TPSA) is 89.6 Å². The number of carbonyl (C=O) groups is 1. The lowest BCUT2D eigenvalue weighted by atomic mass is 10.1. The normalized spacial score (nSPS) is 14.4. The van der Waals surface area contributed by atoms with Crippen LogP contribution in [0.15, 0.2) is 67.0 Å². The maximum Gasteiger partial charge on any atom is 0.248 e. The summed E-state index contributed by atoms with van der Waals surface area (Å²) in [4.78, 5) is 30.8. The van der Waals surface area contributed by atoms with Crippen LogP contribution in [-0.2, 0) is 4.79 Å². The van der Waals surface area contributed by atoms with E-state index in [1.807, 2.05) is 25.1 Å². The van der Waals surface area contributed by atoms with Gasteiger partial charge in [0.15, 0.2) is 0 Å². The SMILES string of the molecule is CN(C)C/C=C/C(=O)Nc1cc(Oc2ncnc3[nH]c(-c4ccc(N5CCN(C)CC5)cc4)cc23)ccc1F. The highest BCUT2D eigenvalue weighted by atomic mass is 19.1. The van der Waals surface area contributed by atoms with Crippen LogP contribution in [0.1, 0.15) is 0 Å². The maximum absolute atomic E-state index is 14.4. The number of carbonyl (C=O) groups excluding carboxylic acids is 1. The van der Waals surface area contributed by atoms with E-state index in [2.05, 4.69) is 61.4 Å². The zero-order valence-corrected chi connectivity index (χ0v) is 22.3. The van der Waals surface area contributed by atoms with E-state index >= 15 is 0 Å². The lowest BCUT2D eigenvalue weighted by Crippen LogP contribution is -2.44. The van der Waals surface area contributed by atoms with Gasteiger partial charge in [-0.2, -0.15) is 0 Å². The molecule has 1 saturated heterocycles. The van der Waals surface area contributed by atoms with Crippen molar-refractivity contribution in [2.24, 2.45) is 0 Å². The predicted molar refractivity (Wildman–Crippen MR) is 152 cm³/mol. The van der Waals surface area contributed by atoms with Gasteiger partial charge in [0.05, 0.1) is 11.1 Å². The second kappa shape index (κ2) is 11.6. The van der Waals surface area contributed by atoms with Crippen LogP contribution in [0.2, 0.25) is 0 Å². The van der Waals surface area contributed by atoms with Gasteiger partial charge in [-0.05, 0) is 57.0 Å². The smallest absolute Gasteiger partial charge is 0.248 e. The lowest BCUT2D eigenvalue weighted by molar-refractivity contribution is -0.111. The maximum atomic E-state index is 14.4. The summed E-state index contributed by atoms with van der Waals surface area (Å²) in [5.41, 5.74) is 3.76. The number of H-pyrrole nitrogens is 1. The standard InChI is InChI=1S/C29H32FN7O2/c1-35(2)12-4-5-27(38)33-26-17-22(10-11-24(26)30)39-29-23-18-25(34-28(23)31-19-32-29)20-6-8-21(9-7-20)37-15-13-36(3)14-16-37/h4-11,17-19H,12-16H2,1-3H3,(H,33,38)(H,31,32,34)/b5-4+. The quantitative estimate of drug-likeness (QED) is 0.328. The second-order valence-electron chi connectivity index (χ2n) is 9.86. The van der Waals surface area contributed by atoms with Gasteiger partial charge in [-0.25, -0.2) is 14.4 Å². The van der Waals surface area contributed by atoms with Gasteiger partial charge in [-0.3, -0.25) is 4.79 Å². The van der Waals surface area contributed by atoms with Crippen molar-refractivity contribution in [1.29, 1.82) is 0 Å². The Morgan fingerprint density at radius 2 is 1.87 bits per heavy atom. The summed E-state index contributed by atoms with van der Waals surface area (Å²) >= 11 is 0. The fraction of sp³-hybridized carbons (Fsp3) is 0.276. The van der Waals surface area contributed by atoms with Gasteiger partial charge in [0, 0.05) is 56.2 Å². The van der Waals surface area contributed by atoms with Crippen LogP contribution < -0.4 is 15.0 Å². The van der Waals surface area contributed by atoms with Crippen LogP contribution >= 0.6 is 0 Å². The number of anilines is 2. The van der Waals surface area contributed by atoms with Crippen molar-refractivity contribution in [3.8, 4) is 22.9 Å². The van der Waals surface area contributed by atoms with Crippen molar-refractivity contribution in [2.75, 3.05) is 64.1 Å². The lowest BCUT2D eigenvalue weighted by Gasteiger charge is -2.34. The number of rotatable bonds is 8. The van der Waals surface area contributed by atoms with Crippen molar-refractivity contribution in [3.05, 3.63) is 72.8 Å². The Morgan fingerprint density at radius 1 is 1.10 bits per heavy atom. The number of benzene rings is 2. The molecule has 2 aromatic heterocycles. The number of aromatic amines is 1. The number of hydrogen-bond donors (Lipinski definition) is 2. The van der Waals surface area contributed by atoms with Crippen LogP contribution in [-0.4, -0.2) is 84.5 Å². The summed E-state index contributed by atoms with van der Waals surface area (Å²) in [6.07, 6.45) is 4.49. The molecule has 2 aromatic carbocycles. The van der Waals surface area contributed by atoms with Gasteiger partial charge < -0.3 is 29.7 Å². The van der Waals surface area contributed by atoms with Crippen LogP contribution in [0.4, 0.5) is 15.8 Å². The highest BCUT2D eigenvalue weighted by Gasteiger charge is 2.16. The number of fused-ring (bicyclic) bond motifs is 1. The molecule has 202 valence electrons. The van der Waals surface area contributed by atoms with Crippen molar-refractivity contribution in [1.82, 2.24) is 24.8 Å². The number of hydrogen-bond acceptors (Lipinski definition) is 7. The van der Waals surface area contributed by atoms with Crippen LogP contribution in [0.5, 0.6) is 11.6 Å². The van der Waals surface area contributed by atoms with Crippen LogP contribution in [0.3, 0.4) is 0 Å². The van der Waals surface area contributed by atoms with E-state index in [0.717, 1.165) is 37.4 Å². The highest BCUT2D eigenvalue weighted by Crippen LogP contribution is 2.32. The minimum Gasteiger partial charge on any atom is -0.438 e. The first-order chi connectivity index (χ1) is 18.9. The fourth-order valence-corrected chi connectivity index (χ4v) is 4.39. The van der Waals surface area contributed by atoms with Gasteiger partial charge in [-0.15, -0.1) is 0 Å². The Kier molecular flexibility index (Phi) is 7.85. The predicted octanol–water partition coefficient (Wildman–Crippen LogP) is 4.36. The minimum absolute atomic E-state index is 0.0208. The molecule has 9 nitrogen and oxygen atoms in total. The molecule has 0 unspecified atom stereocenters. The largest absolute Gasteiger partial charge is 0.438 e. The third-order valence-electron chi connectivity index (χ3n) is 6.59. The summed E-state index contributed by atoms with van der Waals surface area (Å²) in [5.74, 6) is -0.325. The first-order valence-electron chi connectivity index (χ1n) is 12.8. The van der Waals surface area contributed by atoms with Crippen LogP contribution in [0.25, 0.3) is 22.3 Å². The average Bonchev–Trinajstić information content (AvgIpc) is 3.36.